The molecule has 7 nitrogen and oxygen atoms in total. The van der Waals surface area contributed by atoms with E-state index in [0.29, 0.717) is 26.2 Å². The minimum absolute atomic E-state index is 0.0196. The number of rotatable bonds is 6. The number of hydrogen-bond donors (Lipinski definition) is 2. The number of methoxy groups -OCH3 is 1. The van der Waals surface area contributed by atoms with Gasteiger partial charge in [0.15, 0.2) is 0 Å². The molecule has 1 unspecified atom stereocenters. The van der Waals surface area contributed by atoms with Crippen LogP contribution >= 0.6 is 0 Å². The van der Waals surface area contributed by atoms with E-state index < -0.39 is 10.0 Å². The molecule has 1 aliphatic rings. The van der Waals surface area contributed by atoms with Crippen molar-refractivity contribution in [3.05, 3.63) is 0 Å². The average Bonchev–Trinajstić information content (AvgIpc) is 2.35. The summed E-state index contributed by atoms with van der Waals surface area (Å²) in [7, 11) is -1.73. The van der Waals surface area contributed by atoms with Crippen LogP contribution in [0.1, 0.15) is 6.92 Å². The number of nitrogens with zero attached hydrogens (tertiary/aromatic N) is 2. The molecule has 0 spiro atoms. The minimum Gasteiger partial charge on any atom is -0.386 e. The van der Waals surface area contributed by atoms with Crippen LogP contribution < -0.4 is 5.73 Å². The summed E-state index contributed by atoms with van der Waals surface area (Å²) in [5, 5.41) is 7.39. The number of ether oxygens (including phenoxy) is 1. The highest BCUT2D eigenvalue weighted by Crippen LogP contribution is 2.10. The fourth-order valence-corrected chi connectivity index (χ4v) is 3.24. The van der Waals surface area contributed by atoms with Gasteiger partial charge in [-0.15, -0.1) is 0 Å². The van der Waals surface area contributed by atoms with Crippen LogP contribution in [0.15, 0.2) is 0 Å². The SMILES string of the molecule is COCCS(=O)(=O)N1CCN(C(C)C(=N)N)CC1. The lowest BCUT2D eigenvalue weighted by Crippen LogP contribution is -2.54. The molecule has 0 saturated carbocycles. The summed E-state index contributed by atoms with van der Waals surface area (Å²) >= 11 is 0. The second kappa shape index (κ2) is 6.46. The monoisotopic (exact) mass is 278 g/mol. The Morgan fingerprint density at radius 2 is 1.94 bits per heavy atom. The minimum atomic E-state index is -3.22. The number of piperazine rings is 1. The van der Waals surface area contributed by atoms with Crippen molar-refractivity contribution in [1.29, 1.82) is 5.41 Å². The first-order chi connectivity index (χ1) is 8.38. The molecule has 0 aromatic rings. The normalized spacial score (nSPS) is 20.8. The third-order valence-corrected chi connectivity index (χ3v) is 5.04. The summed E-state index contributed by atoms with van der Waals surface area (Å²) in [5.41, 5.74) is 5.45. The average molecular weight is 278 g/mol. The zero-order valence-corrected chi connectivity index (χ0v) is 11.7. The molecule has 0 aromatic heterocycles. The lowest BCUT2D eigenvalue weighted by molar-refractivity contribution is 0.171. The van der Waals surface area contributed by atoms with Crippen molar-refractivity contribution >= 4 is 15.9 Å². The second-order valence-corrected chi connectivity index (χ2v) is 6.46. The van der Waals surface area contributed by atoms with Crippen LogP contribution in [0.3, 0.4) is 0 Å². The number of nitrogens with two attached hydrogens (primary N) is 1. The Morgan fingerprint density at radius 3 is 2.39 bits per heavy atom. The fourth-order valence-electron chi connectivity index (χ4n) is 1.88. The van der Waals surface area contributed by atoms with Gasteiger partial charge in [0.2, 0.25) is 10.0 Å². The van der Waals surface area contributed by atoms with Crippen molar-refractivity contribution < 1.29 is 13.2 Å². The van der Waals surface area contributed by atoms with E-state index in [4.69, 9.17) is 15.9 Å². The first-order valence-corrected chi connectivity index (χ1v) is 7.54. The van der Waals surface area contributed by atoms with Crippen molar-refractivity contribution in [1.82, 2.24) is 9.21 Å². The van der Waals surface area contributed by atoms with Crippen LogP contribution in [0.25, 0.3) is 0 Å². The van der Waals surface area contributed by atoms with Crippen molar-refractivity contribution in [2.24, 2.45) is 5.73 Å². The molecule has 0 aliphatic carbocycles. The lowest BCUT2D eigenvalue weighted by Gasteiger charge is -2.36. The smallest absolute Gasteiger partial charge is 0.216 e. The molecular formula is C10H22N4O3S. The summed E-state index contributed by atoms with van der Waals surface area (Å²) < 4.78 is 30.1. The number of amidine groups is 1. The van der Waals surface area contributed by atoms with Crippen LogP contribution in [-0.2, 0) is 14.8 Å². The van der Waals surface area contributed by atoms with E-state index >= 15 is 0 Å². The zero-order valence-electron chi connectivity index (χ0n) is 10.9. The van der Waals surface area contributed by atoms with Gasteiger partial charge in [-0.05, 0) is 6.92 Å². The van der Waals surface area contributed by atoms with Gasteiger partial charge in [-0.3, -0.25) is 10.3 Å². The van der Waals surface area contributed by atoms with E-state index in [-0.39, 0.29) is 24.2 Å². The van der Waals surface area contributed by atoms with Gasteiger partial charge in [0.1, 0.15) is 5.84 Å². The zero-order chi connectivity index (χ0) is 13.8. The highest BCUT2D eigenvalue weighted by molar-refractivity contribution is 7.89. The maximum atomic E-state index is 11.9. The Kier molecular flexibility index (Phi) is 5.51. The van der Waals surface area contributed by atoms with Crippen molar-refractivity contribution in [2.45, 2.75) is 13.0 Å². The van der Waals surface area contributed by atoms with Gasteiger partial charge in [0.05, 0.1) is 18.4 Å². The van der Waals surface area contributed by atoms with Crippen LogP contribution in [0, 0.1) is 5.41 Å². The fraction of sp³-hybridized carbons (Fsp3) is 0.900. The highest BCUT2D eigenvalue weighted by atomic mass is 32.2. The molecule has 3 N–H and O–H groups in total. The predicted molar refractivity (Wildman–Crippen MR) is 70.2 cm³/mol. The predicted octanol–water partition coefficient (Wildman–Crippen LogP) is -1.10. The molecule has 0 bridgehead atoms. The second-order valence-electron chi connectivity index (χ2n) is 4.38. The van der Waals surface area contributed by atoms with Gasteiger partial charge < -0.3 is 10.5 Å². The largest absolute Gasteiger partial charge is 0.386 e. The quantitative estimate of drug-likeness (QED) is 0.475. The molecule has 0 radical (unpaired) electrons. The molecule has 0 amide bonds. The summed E-state index contributed by atoms with van der Waals surface area (Å²) in [6.45, 7) is 4.18. The van der Waals surface area contributed by atoms with E-state index in [0.717, 1.165) is 0 Å². The van der Waals surface area contributed by atoms with Crippen LogP contribution in [0.5, 0.6) is 0 Å². The molecule has 0 aromatic carbocycles. The summed E-state index contributed by atoms with van der Waals surface area (Å²) in [6.07, 6.45) is 0. The van der Waals surface area contributed by atoms with Crippen LogP contribution in [0.2, 0.25) is 0 Å². The molecule has 8 heteroatoms. The van der Waals surface area contributed by atoms with E-state index in [1.807, 2.05) is 11.8 Å². The Labute approximate surface area is 108 Å². The number of sulfonamides is 1. The Morgan fingerprint density at radius 1 is 1.39 bits per heavy atom. The topological polar surface area (TPSA) is 99.7 Å². The van der Waals surface area contributed by atoms with E-state index in [1.165, 1.54) is 11.4 Å². The third-order valence-electron chi connectivity index (χ3n) is 3.21. The van der Waals surface area contributed by atoms with Crippen LogP contribution in [-0.4, -0.2) is 75.1 Å². The molecule has 1 aliphatic heterocycles. The van der Waals surface area contributed by atoms with Gasteiger partial charge in [-0.25, -0.2) is 8.42 Å². The molecule has 1 fully saturated rings. The van der Waals surface area contributed by atoms with Gasteiger partial charge in [-0.2, -0.15) is 4.31 Å². The van der Waals surface area contributed by atoms with E-state index in [1.54, 1.807) is 0 Å². The molecular weight excluding hydrogens is 256 g/mol. The van der Waals surface area contributed by atoms with Crippen molar-refractivity contribution in [3.8, 4) is 0 Å². The molecule has 106 valence electrons. The molecule has 1 heterocycles. The lowest BCUT2D eigenvalue weighted by atomic mass is 10.2. The van der Waals surface area contributed by atoms with Gasteiger partial charge in [0.25, 0.3) is 0 Å². The standard InChI is InChI=1S/C10H22N4O3S/c1-9(10(11)12)13-3-5-14(6-4-13)18(15,16)8-7-17-2/h9H,3-8H2,1-2H3,(H3,11,12). The third kappa shape index (κ3) is 3.91. The highest BCUT2D eigenvalue weighted by Gasteiger charge is 2.28. The Bertz CT molecular complexity index is 377. The number of nitrogens with one attached hydrogen (secondary N) is 1. The maximum Gasteiger partial charge on any atom is 0.216 e. The Hall–Kier alpha value is -0.700. The summed E-state index contributed by atoms with van der Waals surface area (Å²) in [6, 6.07) is -0.131. The van der Waals surface area contributed by atoms with Gasteiger partial charge >= 0.3 is 0 Å². The summed E-state index contributed by atoms with van der Waals surface area (Å²) in [5.74, 6) is 0.136. The van der Waals surface area contributed by atoms with Crippen LogP contribution in [0.4, 0.5) is 0 Å². The first kappa shape index (κ1) is 15.4. The van der Waals surface area contributed by atoms with Crippen molar-refractivity contribution in [2.75, 3.05) is 45.6 Å². The van der Waals surface area contributed by atoms with E-state index in [2.05, 4.69) is 0 Å². The molecule has 1 rings (SSSR count). The molecule has 1 saturated heterocycles. The molecule has 18 heavy (non-hydrogen) atoms. The number of hydrogen-bond acceptors (Lipinski definition) is 5. The summed E-state index contributed by atoms with van der Waals surface area (Å²) in [4.78, 5) is 2.02. The van der Waals surface area contributed by atoms with Gasteiger partial charge in [0, 0.05) is 33.3 Å². The van der Waals surface area contributed by atoms with E-state index in [9.17, 15) is 8.42 Å². The van der Waals surface area contributed by atoms with Crippen molar-refractivity contribution in [3.63, 3.8) is 0 Å². The molecule has 1 atom stereocenters. The first-order valence-electron chi connectivity index (χ1n) is 5.93. The Balaban J connectivity index is 2.51. The van der Waals surface area contributed by atoms with Gasteiger partial charge in [-0.1, -0.05) is 0 Å². The maximum absolute atomic E-state index is 11.9.